The highest BCUT2D eigenvalue weighted by atomic mass is 19.4. The van der Waals surface area contributed by atoms with Crippen LogP contribution in [0, 0.1) is 23.7 Å². The Balaban J connectivity index is 1.03. The Morgan fingerprint density at radius 2 is 1.55 bits per heavy atom. The number of carboxylic acids is 1. The molecule has 5 heterocycles. The van der Waals surface area contributed by atoms with Gasteiger partial charge in [0, 0.05) is 92.8 Å². The second-order valence-corrected chi connectivity index (χ2v) is 16.3. The van der Waals surface area contributed by atoms with Gasteiger partial charge in [-0.1, -0.05) is 0 Å². The number of hydrogen-bond donors (Lipinski definition) is 2. The lowest BCUT2D eigenvalue weighted by atomic mass is 9.48. The molecular formula is C39H41F5N8O4. The Labute approximate surface area is 318 Å². The number of rotatable bonds is 8. The molecule has 1 amide bonds. The van der Waals surface area contributed by atoms with Gasteiger partial charge in [-0.2, -0.15) is 13.2 Å². The van der Waals surface area contributed by atoms with Gasteiger partial charge in [-0.15, -0.1) is 0 Å². The van der Waals surface area contributed by atoms with Gasteiger partial charge < -0.3 is 24.6 Å². The van der Waals surface area contributed by atoms with Crippen molar-refractivity contribution in [3.63, 3.8) is 0 Å². The highest BCUT2D eigenvalue weighted by molar-refractivity contribution is 6.00. The summed E-state index contributed by atoms with van der Waals surface area (Å²) in [5.41, 5.74) is -3.35. The van der Waals surface area contributed by atoms with Crippen molar-refractivity contribution in [1.82, 2.24) is 34.8 Å². The molecule has 1 aliphatic heterocycles. The number of carboxylic acid groups (broad SMARTS) is 1. The normalized spacial score (nSPS) is 27.8. The molecule has 4 bridgehead atoms. The monoisotopic (exact) mass is 780 g/mol. The van der Waals surface area contributed by atoms with E-state index in [2.05, 4.69) is 35.1 Å². The number of anilines is 1. The molecule has 296 valence electrons. The number of piperidine rings is 1. The van der Waals surface area contributed by atoms with Crippen LogP contribution in [0.4, 0.5) is 27.9 Å². The van der Waals surface area contributed by atoms with Gasteiger partial charge in [0.05, 0.1) is 11.1 Å². The summed E-state index contributed by atoms with van der Waals surface area (Å²) in [4.78, 5) is 50.0. The number of amides is 1. The summed E-state index contributed by atoms with van der Waals surface area (Å²) < 4.78 is 81.0. The number of fused-ring (bicyclic) bond motifs is 1. The largest absolute Gasteiger partial charge is 0.479 e. The van der Waals surface area contributed by atoms with Gasteiger partial charge in [-0.25, -0.2) is 38.5 Å². The Morgan fingerprint density at radius 3 is 2.18 bits per heavy atom. The summed E-state index contributed by atoms with van der Waals surface area (Å²) in [6.07, 6.45) is 6.24. The lowest BCUT2D eigenvalue weighted by molar-refractivity contribution is -0.163. The van der Waals surface area contributed by atoms with E-state index in [9.17, 15) is 36.6 Å². The number of carbonyl (C=O) groups excluding carboxylic acids is 1. The van der Waals surface area contributed by atoms with Gasteiger partial charge in [0.1, 0.15) is 11.6 Å². The molecule has 4 aromatic heterocycles. The van der Waals surface area contributed by atoms with Gasteiger partial charge in [-0.3, -0.25) is 4.79 Å². The molecule has 56 heavy (non-hydrogen) atoms. The van der Waals surface area contributed by atoms with Crippen molar-refractivity contribution in [2.24, 2.45) is 23.7 Å². The first kappa shape index (κ1) is 36.7. The van der Waals surface area contributed by atoms with Gasteiger partial charge >= 0.3 is 12.1 Å². The average molecular weight is 781 g/mol. The predicted molar refractivity (Wildman–Crippen MR) is 191 cm³/mol. The average Bonchev–Trinajstić information content (AvgIpc) is 3.54. The highest BCUT2D eigenvalue weighted by Crippen LogP contribution is 2.58. The predicted octanol–water partition coefficient (Wildman–Crippen LogP) is 7.11. The summed E-state index contributed by atoms with van der Waals surface area (Å²) in [5, 5.41) is 13.4. The van der Waals surface area contributed by atoms with Gasteiger partial charge in [0.15, 0.2) is 11.5 Å². The van der Waals surface area contributed by atoms with Crippen LogP contribution in [0.1, 0.15) is 92.7 Å². The molecule has 0 radical (unpaired) electrons. The van der Waals surface area contributed by atoms with Crippen LogP contribution in [-0.4, -0.2) is 77.1 Å². The number of hydrogen-bond acceptors (Lipinski definition) is 9. The Kier molecular flexibility index (Phi) is 8.91. The summed E-state index contributed by atoms with van der Waals surface area (Å²) in [6, 6.07) is 3.02. The van der Waals surface area contributed by atoms with Crippen molar-refractivity contribution in [3.05, 3.63) is 54.4 Å². The molecule has 12 nitrogen and oxygen atoms in total. The maximum Gasteiger partial charge on any atom is 0.434 e. The Morgan fingerprint density at radius 1 is 0.893 bits per heavy atom. The fraction of sp³-hybridized carbons (Fsp3) is 0.564. The number of alkyl halides is 5. The third-order valence-electron chi connectivity index (χ3n) is 13.0. The van der Waals surface area contributed by atoms with E-state index >= 15 is 0 Å². The Hall–Kier alpha value is -4.96. The number of nitrogens with one attached hydrogen (secondary N) is 1. The molecule has 4 aromatic rings. The number of pyridine rings is 1. The molecule has 1 saturated heterocycles. The molecule has 6 fully saturated rings. The van der Waals surface area contributed by atoms with Crippen LogP contribution in [0.2, 0.25) is 0 Å². The molecular weight excluding hydrogens is 739 g/mol. The number of aliphatic carboxylic acids is 1. The molecule has 0 atom stereocenters. The number of halogens is 5. The zero-order valence-corrected chi connectivity index (χ0v) is 30.4. The molecule has 2 N–H and O–H groups in total. The first-order valence-corrected chi connectivity index (χ1v) is 19.3. The molecule has 5 saturated carbocycles. The van der Waals surface area contributed by atoms with E-state index < -0.39 is 46.8 Å². The van der Waals surface area contributed by atoms with E-state index in [1.54, 1.807) is 35.3 Å². The van der Waals surface area contributed by atoms with Crippen molar-refractivity contribution < 1.29 is 41.4 Å². The first-order valence-electron chi connectivity index (χ1n) is 19.3. The van der Waals surface area contributed by atoms with E-state index in [4.69, 9.17) is 4.74 Å². The topological polar surface area (TPSA) is 148 Å². The lowest BCUT2D eigenvalue weighted by Crippen LogP contribution is -2.70. The van der Waals surface area contributed by atoms with Crippen molar-refractivity contribution in [2.45, 2.75) is 100 Å². The van der Waals surface area contributed by atoms with Gasteiger partial charge in [-0.05, 0) is 74.7 Å². The zero-order valence-electron chi connectivity index (χ0n) is 30.4. The van der Waals surface area contributed by atoms with E-state index in [0.29, 0.717) is 80.3 Å². The standard InChI is InChI=1S/C39H41F5N8O4/c40-37(41)6-2-25(3-7-37)52-20-29(27-18-47-31(17-30(27)52)56-26-4-10-51(11-5-26)36-45-8-1-9-46-36)33-48-19-28(32(49-33)39(42,43)44)34(53)50-38(35(54)55)23-13-21-12-22(15-23)16-24(38)14-21/h1,8-9,17-26H,2-7,10-16H2,(H,50,53)(H,54,55). The molecule has 0 spiro atoms. The molecule has 6 aliphatic rings. The SMILES string of the molecule is O=C(NC1(C(=O)O)C2CC3CC(C2)CC1C3)c1cnc(-c2cn(C3CCC(F)(F)CC3)c3cc(OC4CCN(c5ncccn5)CC4)ncc23)nc1C(F)(F)F. The maximum atomic E-state index is 14.8. The van der Waals surface area contributed by atoms with Crippen molar-refractivity contribution in [3.8, 4) is 17.3 Å². The van der Waals surface area contributed by atoms with Crippen molar-refractivity contribution >= 4 is 28.7 Å². The molecule has 0 aromatic carbocycles. The van der Waals surface area contributed by atoms with Crippen LogP contribution in [0.25, 0.3) is 22.3 Å². The second-order valence-electron chi connectivity index (χ2n) is 16.3. The summed E-state index contributed by atoms with van der Waals surface area (Å²) >= 11 is 0. The van der Waals surface area contributed by atoms with Crippen LogP contribution in [0.3, 0.4) is 0 Å². The maximum absolute atomic E-state index is 14.8. The van der Waals surface area contributed by atoms with E-state index in [1.807, 2.05) is 0 Å². The number of nitrogens with zero attached hydrogens (tertiary/aromatic N) is 7. The van der Waals surface area contributed by atoms with Gasteiger partial charge in [0.25, 0.3) is 5.91 Å². The van der Waals surface area contributed by atoms with Crippen LogP contribution in [0.15, 0.2) is 43.1 Å². The summed E-state index contributed by atoms with van der Waals surface area (Å²) in [5.74, 6) is -4.71. The molecule has 10 rings (SSSR count). The summed E-state index contributed by atoms with van der Waals surface area (Å²) in [6.45, 7) is 1.31. The van der Waals surface area contributed by atoms with Crippen LogP contribution in [0.5, 0.6) is 5.88 Å². The Bertz CT molecular complexity index is 2120. The van der Waals surface area contributed by atoms with Gasteiger partial charge in [0.2, 0.25) is 17.8 Å². The fourth-order valence-corrected chi connectivity index (χ4v) is 10.5. The van der Waals surface area contributed by atoms with Crippen LogP contribution >= 0.6 is 0 Å². The number of aromatic nitrogens is 6. The second kappa shape index (κ2) is 13.6. The fourth-order valence-electron chi connectivity index (χ4n) is 10.5. The number of ether oxygens (including phenoxy) is 1. The quantitative estimate of drug-likeness (QED) is 0.177. The smallest absolute Gasteiger partial charge is 0.434 e. The lowest BCUT2D eigenvalue weighted by Gasteiger charge is -2.59. The molecule has 0 unspecified atom stereocenters. The minimum Gasteiger partial charge on any atom is -0.479 e. The minimum atomic E-state index is -5.10. The minimum absolute atomic E-state index is 0.136. The molecule has 5 aliphatic carbocycles. The number of carbonyl (C=O) groups is 2. The zero-order chi connectivity index (χ0) is 39.0. The van der Waals surface area contributed by atoms with Crippen LogP contribution < -0.4 is 15.0 Å². The van der Waals surface area contributed by atoms with E-state index in [-0.39, 0.29) is 60.9 Å². The third-order valence-corrected chi connectivity index (χ3v) is 13.0. The highest BCUT2D eigenvalue weighted by Gasteiger charge is 2.62. The molecule has 17 heteroatoms. The first-order chi connectivity index (χ1) is 26.8. The van der Waals surface area contributed by atoms with E-state index in [0.717, 1.165) is 12.6 Å². The van der Waals surface area contributed by atoms with Crippen LogP contribution in [-0.2, 0) is 11.0 Å². The van der Waals surface area contributed by atoms with E-state index in [1.165, 1.54) is 6.20 Å². The summed E-state index contributed by atoms with van der Waals surface area (Å²) in [7, 11) is 0. The third kappa shape index (κ3) is 6.49. The van der Waals surface area contributed by atoms with Crippen molar-refractivity contribution in [2.75, 3.05) is 18.0 Å². The van der Waals surface area contributed by atoms with Crippen molar-refractivity contribution in [1.29, 1.82) is 0 Å².